The van der Waals surface area contributed by atoms with Gasteiger partial charge in [0.1, 0.15) is 11.3 Å². The number of para-hydroxylation sites is 1. The van der Waals surface area contributed by atoms with E-state index in [-0.39, 0.29) is 40.5 Å². The number of sulfonamides is 1. The molecule has 0 fully saturated rings. The molecule has 1 aromatic heterocycles. The van der Waals surface area contributed by atoms with Gasteiger partial charge >= 0.3 is 5.97 Å². The lowest BCUT2D eigenvalue weighted by atomic mass is 10.2. The summed E-state index contributed by atoms with van der Waals surface area (Å²) in [5, 5.41) is 8.15. The second-order valence-electron chi connectivity index (χ2n) is 6.36. The molecule has 12 heteroatoms. The minimum absolute atomic E-state index is 0.0639. The van der Waals surface area contributed by atoms with E-state index in [0.29, 0.717) is 0 Å². The number of carbonyl (C=O) groups excluding carboxylic acids is 1. The van der Waals surface area contributed by atoms with Gasteiger partial charge in [0, 0.05) is 5.69 Å². The van der Waals surface area contributed by atoms with Crippen molar-refractivity contribution < 1.29 is 22.7 Å². The number of anilines is 3. The molecule has 2 aromatic carbocycles. The predicted molar refractivity (Wildman–Crippen MR) is 112 cm³/mol. The van der Waals surface area contributed by atoms with E-state index in [1.807, 2.05) is 31.2 Å². The third-order valence-electron chi connectivity index (χ3n) is 4.14. The van der Waals surface area contributed by atoms with Gasteiger partial charge in [-0.3, -0.25) is 0 Å². The molecule has 0 aliphatic rings. The van der Waals surface area contributed by atoms with Crippen LogP contribution in [-0.2, 0) is 21.4 Å². The first-order valence-corrected chi connectivity index (χ1v) is 10.4. The van der Waals surface area contributed by atoms with E-state index in [1.165, 1.54) is 19.2 Å². The molecule has 0 aliphatic carbocycles. The summed E-state index contributed by atoms with van der Waals surface area (Å²) in [5.74, 6) is -0.518. The van der Waals surface area contributed by atoms with Crippen molar-refractivity contribution in [3.63, 3.8) is 0 Å². The van der Waals surface area contributed by atoms with Gasteiger partial charge in [0.05, 0.1) is 12.0 Å². The third kappa shape index (κ3) is 5.43. The van der Waals surface area contributed by atoms with Crippen LogP contribution in [0.3, 0.4) is 0 Å². The number of ether oxygens (including phenoxy) is 2. The number of carbonyl (C=O) groups is 1. The largest absolute Gasteiger partial charge is 0.496 e. The van der Waals surface area contributed by atoms with Crippen molar-refractivity contribution >= 4 is 33.6 Å². The molecule has 0 saturated carbocycles. The highest BCUT2D eigenvalue weighted by Crippen LogP contribution is 2.23. The van der Waals surface area contributed by atoms with Crippen molar-refractivity contribution in [2.75, 3.05) is 18.2 Å². The Balaban J connectivity index is 1.79. The Kier molecular flexibility index (Phi) is 6.32. The molecular weight excluding hydrogens is 424 g/mol. The molecule has 0 aliphatic heterocycles. The van der Waals surface area contributed by atoms with Gasteiger partial charge < -0.3 is 20.5 Å². The maximum absolute atomic E-state index is 12.5. The van der Waals surface area contributed by atoms with Gasteiger partial charge in [-0.05, 0) is 36.8 Å². The topological polar surface area (TPSA) is 172 Å². The molecule has 0 bridgehead atoms. The van der Waals surface area contributed by atoms with Crippen LogP contribution in [0.4, 0.5) is 17.6 Å². The standard InChI is InChI=1S/C19H20N6O5S/c1-11-5-3-4-6-14(11)22-19-24-16(23-18(20)25-19)10-30-17(26)13-9-12(31(21,27)28)7-8-15(13)29-2/h3-9H,10H2,1-2H3,(H2,21,27,28)(H3,20,22,23,24,25). The molecule has 11 nitrogen and oxygen atoms in total. The summed E-state index contributed by atoms with van der Waals surface area (Å²) in [6.07, 6.45) is 0. The minimum atomic E-state index is -4.02. The number of nitrogens with two attached hydrogens (primary N) is 2. The normalized spacial score (nSPS) is 11.1. The zero-order valence-electron chi connectivity index (χ0n) is 16.7. The fourth-order valence-corrected chi connectivity index (χ4v) is 3.16. The average molecular weight is 444 g/mol. The maximum Gasteiger partial charge on any atom is 0.342 e. The molecule has 0 unspecified atom stereocenters. The summed E-state index contributed by atoms with van der Waals surface area (Å²) in [4.78, 5) is 24.4. The Morgan fingerprint density at radius 1 is 1.13 bits per heavy atom. The van der Waals surface area contributed by atoms with Gasteiger partial charge in [0.25, 0.3) is 0 Å². The number of benzene rings is 2. The Morgan fingerprint density at radius 3 is 2.55 bits per heavy atom. The first-order valence-electron chi connectivity index (χ1n) is 8.88. The van der Waals surface area contributed by atoms with Crippen molar-refractivity contribution in [3.05, 3.63) is 59.4 Å². The fourth-order valence-electron chi connectivity index (χ4n) is 2.62. The molecule has 0 spiro atoms. The summed E-state index contributed by atoms with van der Waals surface area (Å²) in [6.45, 7) is 1.58. The third-order valence-corrected chi connectivity index (χ3v) is 5.05. The van der Waals surface area contributed by atoms with E-state index in [9.17, 15) is 13.2 Å². The minimum Gasteiger partial charge on any atom is -0.496 e. The van der Waals surface area contributed by atoms with E-state index in [0.717, 1.165) is 17.3 Å². The Morgan fingerprint density at radius 2 is 1.87 bits per heavy atom. The summed E-state index contributed by atoms with van der Waals surface area (Å²) < 4.78 is 33.5. The van der Waals surface area contributed by atoms with Gasteiger partial charge in [0.15, 0.2) is 12.4 Å². The number of nitrogens with one attached hydrogen (secondary N) is 1. The molecular formula is C19H20N6O5S. The highest BCUT2D eigenvalue weighted by molar-refractivity contribution is 7.89. The molecule has 3 rings (SSSR count). The monoisotopic (exact) mass is 444 g/mol. The Hall–Kier alpha value is -3.77. The van der Waals surface area contributed by atoms with Crippen molar-refractivity contribution in [2.24, 2.45) is 5.14 Å². The Bertz CT molecular complexity index is 1230. The highest BCUT2D eigenvalue weighted by Gasteiger charge is 2.19. The van der Waals surface area contributed by atoms with Crippen LogP contribution in [0.25, 0.3) is 0 Å². The van der Waals surface area contributed by atoms with Crippen LogP contribution in [-0.4, -0.2) is 36.4 Å². The number of esters is 1. The van der Waals surface area contributed by atoms with Crippen LogP contribution in [0.1, 0.15) is 21.7 Å². The van der Waals surface area contributed by atoms with Crippen LogP contribution in [0.5, 0.6) is 5.75 Å². The second-order valence-corrected chi connectivity index (χ2v) is 7.92. The SMILES string of the molecule is COc1ccc(S(N)(=O)=O)cc1C(=O)OCc1nc(N)nc(Nc2ccccc2C)n1. The van der Waals surface area contributed by atoms with E-state index in [2.05, 4.69) is 20.3 Å². The molecule has 0 saturated heterocycles. The number of nitrogens with zero attached hydrogens (tertiary/aromatic N) is 3. The van der Waals surface area contributed by atoms with Crippen molar-refractivity contribution in [3.8, 4) is 5.75 Å². The smallest absolute Gasteiger partial charge is 0.342 e. The molecule has 31 heavy (non-hydrogen) atoms. The molecule has 0 amide bonds. The lowest BCUT2D eigenvalue weighted by Crippen LogP contribution is -2.15. The first kappa shape index (κ1) is 21.9. The zero-order valence-corrected chi connectivity index (χ0v) is 17.5. The van der Waals surface area contributed by atoms with E-state index < -0.39 is 16.0 Å². The number of primary sulfonamides is 1. The lowest BCUT2D eigenvalue weighted by Gasteiger charge is -2.11. The van der Waals surface area contributed by atoms with Gasteiger partial charge in [-0.1, -0.05) is 18.2 Å². The fraction of sp³-hybridized carbons (Fsp3) is 0.158. The van der Waals surface area contributed by atoms with Crippen molar-refractivity contribution in [2.45, 2.75) is 18.4 Å². The number of aryl methyl sites for hydroxylation is 1. The number of hydrogen-bond donors (Lipinski definition) is 3. The van der Waals surface area contributed by atoms with Gasteiger partial charge in [-0.25, -0.2) is 18.4 Å². The quantitative estimate of drug-likeness (QED) is 0.453. The summed E-state index contributed by atoms with van der Waals surface area (Å²) in [6, 6.07) is 11.1. The summed E-state index contributed by atoms with van der Waals surface area (Å²) >= 11 is 0. The first-order chi connectivity index (χ1) is 14.7. The van der Waals surface area contributed by atoms with Crippen molar-refractivity contribution in [1.82, 2.24) is 15.0 Å². The van der Waals surface area contributed by atoms with Crippen LogP contribution in [0.2, 0.25) is 0 Å². The number of methoxy groups -OCH3 is 1. The van der Waals surface area contributed by atoms with Crippen LogP contribution in [0.15, 0.2) is 47.4 Å². The second kappa shape index (κ2) is 8.93. The summed E-state index contributed by atoms with van der Waals surface area (Å²) in [7, 11) is -2.68. The van der Waals surface area contributed by atoms with Crippen LogP contribution in [0, 0.1) is 6.92 Å². The van der Waals surface area contributed by atoms with Gasteiger partial charge in [-0.15, -0.1) is 0 Å². The molecule has 0 radical (unpaired) electrons. The van der Waals surface area contributed by atoms with Crippen molar-refractivity contribution in [1.29, 1.82) is 0 Å². The molecule has 162 valence electrons. The average Bonchev–Trinajstić information content (AvgIpc) is 2.72. The number of hydrogen-bond acceptors (Lipinski definition) is 10. The van der Waals surface area contributed by atoms with E-state index >= 15 is 0 Å². The highest BCUT2D eigenvalue weighted by atomic mass is 32.2. The molecule has 0 atom stereocenters. The van der Waals surface area contributed by atoms with E-state index in [4.69, 9.17) is 20.3 Å². The van der Waals surface area contributed by atoms with Crippen LogP contribution >= 0.6 is 0 Å². The van der Waals surface area contributed by atoms with Crippen LogP contribution < -0.4 is 20.9 Å². The van der Waals surface area contributed by atoms with E-state index in [1.54, 1.807) is 0 Å². The maximum atomic E-state index is 12.5. The number of rotatable bonds is 7. The zero-order chi connectivity index (χ0) is 22.6. The molecule has 1 heterocycles. The number of aromatic nitrogens is 3. The predicted octanol–water partition coefficient (Wildman–Crippen LogP) is 1.52. The van der Waals surface area contributed by atoms with Gasteiger partial charge in [0.2, 0.25) is 21.9 Å². The lowest BCUT2D eigenvalue weighted by molar-refractivity contribution is 0.0458. The molecule has 3 aromatic rings. The molecule has 5 N–H and O–H groups in total. The number of nitrogen functional groups attached to an aromatic ring is 1. The Labute approximate surface area is 178 Å². The summed E-state index contributed by atoms with van der Waals surface area (Å²) in [5.41, 5.74) is 7.37. The van der Waals surface area contributed by atoms with Gasteiger partial charge in [-0.2, -0.15) is 15.0 Å².